The first-order valence-corrected chi connectivity index (χ1v) is 18.7. The summed E-state index contributed by atoms with van der Waals surface area (Å²) in [5, 5.41) is 0. The van der Waals surface area contributed by atoms with Crippen molar-refractivity contribution in [3.05, 3.63) is 23.5 Å². The minimum atomic E-state index is -4.92. The lowest BCUT2D eigenvalue weighted by Gasteiger charge is -2.61. The Balaban J connectivity index is 0.938. The Morgan fingerprint density at radius 3 is 2.43 bits per heavy atom. The topological polar surface area (TPSA) is 105 Å². The van der Waals surface area contributed by atoms with Crippen molar-refractivity contribution in [2.45, 2.75) is 139 Å². The predicted octanol–water partition coefficient (Wildman–Crippen LogP) is 7.56. The van der Waals surface area contributed by atoms with Gasteiger partial charge in [0.15, 0.2) is 29.7 Å². The molecule has 2 spiro atoms. The second-order valence-electron chi connectivity index (χ2n) is 16.1. The zero-order valence-corrected chi connectivity index (χ0v) is 30.1. The fourth-order valence-electron chi connectivity index (χ4n) is 10.6. The quantitative estimate of drug-likeness (QED) is 0.0644. The number of ether oxygens (including phenoxy) is 6. The molecule has 4 bridgehead atoms. The van der Waals surface area contributed by atoms with Crippen LogP contribution in [0.15, 0.2) is 28.5 Å². The fourth-order valence-corrected chi connectivity index (χ4v) is 10.6. The number of rotatable bonds is 7. The lowest BCUT2D eigenvalue weighted by atomic mass is 9.59. The molecule has 11 nitrogen and oxygen atoms in total. The van der Waals surface area contributed by atoms with Crippen LogP contribution < -0.4 is 0 Å². The highest BCUT2D eigenvalue weighted by Gasteiger charge is 2.76. The largest absolute Gasteiger partial charge is 0.477 e. The third-order valence-electron chi connectivity index (χ3n) is 13.2. The summed E-state index contributed by atoms with van der Waals surface area (Å²) in [4.78, 5) is 27.1. The molecular formula is C36H47F6NO10. The first-order valence-electron chi connectivity index (χ1n) is 18.7. The van der Waals surface area contributed by atoms with Gasteiger partial charge in [-0.1, -0.05) is 26.3 Å². The van der Waals surface area contributed by atoms with Gasteiger partial charge in [0.05, 0.1) is 13.2 Å². The van der Waals surface area contributed by atoms with E-state index < -0.39 is 84.1 Å². The van der Waals surface area contributed by atoms with Crippen LogP contribution in [-0.2, 0) is 48.0 Å². The Kier molecular flexibility index (Phi) is 9.52. The van der Waals surface area contributed by atoms with Crippen molar-refractivity contribution >= 4 is 5.90 Å². The van der Waals surface area contributed by atoms with E-state index in [9.17, 15) is 13.2 Å². The molecule has 13 atom stereocenters. The molecule has 53 heavy (non-hydrogen) atoms. The first-order chi connectivity index (χ1) is 25.0. The smallest absolute Gasteiger partial charge is 0.449 e. The Morgan fingerprint density at radius 1 is 0.868 bits per heavy atom. The highest BCUT2D eigenvalue weighted by atomic mass is 19.4. The summed E-state index contributed by atoms with van der Waals surface area (Å²) >= 11 is 0. The molecule has 9 fully saturated rings. The van der Waals surface area contributed by atoms with Crippen LogP contribution in [0.2, 0.25) is 0 Å². The molecule has 10 aliphatic rings. The fraction of sp³-hybridized carbons (Fsp3) is 0.861. The average molecular weight is 768 g/mol. The van der Waals surface area contributed by atoms with Gasteiger partial charge in [-0.25, -0.2) is 24.5 Å². The average Bonchev–Trinajstić information content (AvgIpc) is 3.50. The monoisotopic (exact) mass is 767 g/mol. The Morgan fingerprint density at radius 2 is 1.66 bits per heavy atom. The van der Waals surface area contributed by atoms with Gasteiger partial charge >= 0.3 is 12.4 Å². The van der Waals surface area contributed by atoms with E-state index >= 15 is 13.2 Å². The summed E-state index contributed by atoms with van der Waals surface area (Å²) in [5.41, 5.74) is -5.44. The number of hydrogen-bond acceptors (Lipinski definition) is 11. The lowest BCUT2D eigenvalue weighted by Crippen LogP contribution is -2.74. The van der Waals surface area contributed by atoms with Gasteiger partial charge in [0, 0.05) is 49.0 Å². The highest BCUT2D eigenvalue weighted by Crippen LogP contribution is 2.64. The molecule has 8 heterocycles. The molecular weight excluding hydrogens is 720 g/mol. The third-order valence-corrected chi connectivity index (χ3v) is 13.2. The minimum Gasteiger partial charge on any atom is -0.477 e. The third kappa shape index (κ3) is 5.97. The van der Waals surface area contributed by atoms with Crippen molar-refractivity contribution in [1.29, 1.82) is 0 Å². The molecule has 298 valence electrons. The Bertz CT molecular complexity index is 1510. The van der Waals surface area contributed by atoms with Gasteiger partial charge in [0.2, 0.25) is 17.8 Å². The molecule has 0 aromatic carbocycles. The molecule has 7 saturated heterocycles. The van der Waals surface area contributed by atoms with Crippen molar-refractivity contribution in [3.63, 3.8) is 0 Å². The van der Waals surface area contributed by atoms with Crippen molar-refractivity contribution in [3.8, 4) is 0 Å². The second-order valence-corrected chi connectivity index (χ2v) is 16.1. The number of aliphatic imine (C=N–C) groups is 1. The zero-order valence-electron chi connectivity index (χ0n) is 30.1. The summed E-state index contributed by atoms with van der Waals surface area (Å²) in [6, 6.07) is 0. The van der Waals surface area contributed by atoms with Crippen LogP contribution in [0.3, 0.4) is 0 Å². The lowest BCUT2D eigenvalue weighted by molar-refractivity contribution is -0.582. The summed E-state index contributed by atoms with van der Waals surface area (Å²) in [6.45, 7) is 5.80. The molecule has 0 aromatic rings. The zero-order chi connectivity index (χ0) is 37.6. The normalized spacial score (nSPS) is 46.8. The Labute approximate surface area is 303 Å². The molecule has 3 unspecified atom stereocenters. The summed E-state index contributed by atoms with van der Waals surface area (Å²) in [6.07, 6.45) is -4.79. The second kappa shape index (κ2) is 13.3. The molecule has 2 saturated carbocycles. The standard InChI is InChI=1S/C36H47F6NO10/c1-19-10-11-26-23(28(35(37,38)39)47-29-33(26)24(19)12-13-27(46-29)50-52-33)18-44-16-5-6-17-45-21(3)43-34(36(40,41)42)20(2)25-9-7-8-22-14-15-31(4)48-30(49-34)32(22,25)53-51-31/h5-6,19-20,22,24-27,29-30H,7-18H2,1-4H3/b6-5+,43-21-/t19-,20-,22?,24?,25+,26+,27-,29+,30+,31-,32?,33-,34-/m1/s1. The van der Waals surface area contributed by atoms with Gasteiger partial charge in [-0.15, -0.1) is 0 Å². The van der Waals surface area contributed by atoms with E-state index in [1.807, 2.05) is 0 Å². The van der Waals surface area contributed by atoms with E-state index in [0.717, 1.165) is 12.8 Å². The summed E-state index contributed by atoms with van der Waals surface area (Å²) in [7, 11) is 0. The van der Waals surface area contributed by atoms with Crippen molar-refractivity contribution in [2.24, 2.45) is 40.5 Å². The SMILES string of the molecule is C/C(=N/[C@@]1(C(F)(F)F)O[C@@H]2O[C@@]3(C)CCC4CCC[C@@H]([C@H]1C)C42OO3)OC/C=C/COCC1=C(C(F)(F)F)O[C@@H]2O[C@H]3CCC4[C@H](C)CC[C@@H]1[C@]42OO3. The molecule has 0 N–H and O–H groups in total. The first kappa shape index (κ1) is 37.9. The highest BCUT2D eigenvalue weighted by molar-refractivity contribution is 5.73. The maximum Gasteiger partial charge on any atom is 0.449 e. The van der Waals surface area contributed by atoms with Crippen LogP contribution >= 0.6 is 0 Å². The van der Waals surface area contributed by atoms with Crippen LogP contribution in [0, 0.1) is 35.5 Å². The van der Waals surface area contributed by atoms with E-state index in [2.05, 4.69) is 11.9 Å². The van der Waals surface area contributed by atoms with E-state index in [4.69, 9.17) is 48.0 Å². The molecule has 0 aromatic heterocycles. The van der Waals surface area contributed by atoms with E-state index in [0.29, 0.717) is 44.9 Å². The van der Waals surface area contributed by atoms with Crippen molar-refractivity contribution in [1.82, 2.24) is 0 Å². The number of nitrogens with zero attached hydrogens (tertiary/aromatic N) is 1. The minimum absolute atomic E-state index is 0.0622. The molecule has 10 rings (SSSR count). The molecule has 8 aliphatic heterocycles. The number of allylic oxidation sites excluding steroid dienone is 1. The van der Waals surface area contributed by atoms with Crippen LogP contribution in [-0.4, -0.2) is 79.7 Å². The number of alkyl halides is 6. The summed E-state index contributed by atoms with van der Waals surface area (Å²) < 4.78 is 123. The molecule has 0 radical (unpaired) electrons. The van der Waals surface area contributed by atoms with Gasteiger partial charge in [0.25, 0.3) is 5.72 Å². The van der Waals surface area contributed by atoms with E-state index in [1.165, 1.54) is 26.0 Å². The molecule has 17 heteroatoms. The van der Waals surface area contributed by atoms with Gasteiger partial charge in [-0.3, -0.25) is 0 Å². The van der Waals surface area contributed by atoms with Crippen LogP contribution in [0.25, 0.3) is 0 Å². The van der Waals surface area contributed by atoms with Crippen LogP contribution in [0.4, 0.5) is 26.3 Å². The number of halogens is 6. The number of hydrogen-bond donors (Lipinski definition) is 0. The Hall–Kier alpha value is -1.99. The van der Waals surface area contributed by atoms with Crippen molar-refractivity contribution < 1.29 is 74.3 Å². The van der Waals surface area contributed by atoms with Crippen LogP contribution in [0.5, 0.6) is 0 Å². The van der Waals surface area contributed by atoms with Crippen molar-refractivity contribution in [2.75, 3.05) is 19.8 Å². The van der Waals surface area contributed by atoms with Crippen LogP contribution in [0.1, 0.15) is 85.5 Å². The number of fused-ring (bicyclic) bond motifs is 4. The maximum absolute atomic E-state index is 15.1. The van der Waals surface area contributed by atoms with Gasteiger partial charge in [-0.2, -0.15) is 26.3 Å². The predicted molar refractivity (Wildman–Crippen MR) is 169 cm³/mol. The summed E-state index contributed by atoms with van der Waals surface area (Å²) in [5.74, 6) is -5.19. The van der Waals surface area contributed by atoms with Gasteiger partial charge in [-0.05, 0) is 63.4 Å². The molecule has 0 amide bonds. The van der Waals surface area contributed by atoms with Gasteiger partial charge < -0.3 is 28.4 Å². The van der Waals surface area contributed by atoms with Gasteiger partial charge in [0.1, 0.15) is 6.61 Å². The molecule has 2 aliphatic carbocycles. The van der Waals surface area contributed by atoms with E-state index in [1.54, 1.807) is 6.92 Å². The maximum atomic E-state index is 15.1. The van der Waals surface area contributed by atoms with E-state index in [-0.39, 0.29) is 42.4 Å².